The van der Waals surface area contributed by atoms with Crippen molar-refractivity contribution in [2.45, 2.75) is 12.8 Å². The number of hydrogen-bond donors (Lipinski definition) is 1. The lowest BCUT2D eigenvalue weighted by Crippen LogP contribution is -1.95. The summed E-state index contributed by atoms with van der Waals surface area (Å²) in [7, 11) is 1.62. The van der Waals surface area contributed by atoms with Crippen LogP contribution in [0.15, 0.2) is 30.3 Å². The Hall–Kier alpha value is -1.88. The zero-order chi connectivity index (χ0) is 13.0. The lowest BCUT2D eigenvalue weighted by atomic mass is 10.1. The minimum atomic E-state index is -0.786. The Morgan fingerprint density at radius 1 is 1.44 bits per heavy atom. The molecule has 94 valence electrons. The van der Waals surface area contributed by atoms with Crippen molar-refractivity contribution in [2.24, 2.45) is 0 Å². The number of aromatic nitrogens is 1. The van der Waals surface area contributed by atoms with E-state index in [4.69, 9.17) is 9.84 Å². The van der Waals surface area contributed by atoms with Gasteiger partial charge in [-0.3, -0.25) is 4.79 Å². The molecule has 1 heterocycles. The molecule has 5 heteroatoms. The monoisotopic (exact) mass is 263 g/mol. The minimum absolute atomic E-state index is 0.139. The third-order valence-corrected chi connectivity index (χ3v) is 3.35. The molecule has 0 radical (unpaired) electrons. The second-order valence-electron chi connectivity index (χ2n) is 3.80. The number of carboxylic acid groups (broad SMARTS) is 1. The summed E-state index contributed by atoms with van der Waals surface area (Å²) in [4.78, 5) is 11.5. The molecular formula is C13H13NO3S. The molecule has 0 saturated carbocycles. The largest absolute Gasteiger partial charge is 0.497 e. The number of methoxy groups -OCH3 is 1. The van der Waals surface area contributed by atoms with E-state index >= 15 is 0 Å². The number of nitrogens with zero attached hydrogens (tertiary/aromatic N) is 1. The van der Waals surface area contributed by atoms with E-state index in [9.17, 15) is 4.79 Å². The Labute approximate surface area is 109 Å². The summed E-state index contributed by atoms with van der Waals surface area (Å²) in [5, 5.41) is 8.63. The lowest BCUT2D eigenvalue weighted by Gasteiger charge is -2.01. The van der Waals surface area contributed by atoms with Gasteiger partial charge in [0.05, 0.1) is 19.2 Å². The maximum atomic E-state index is 10.5. The normalized spacial score (nSPS) is 10.3. The Kier molecular flexibility index (Phi) is 3.94. The fourth-order valence-electron chi connectivity index (χ4n) is 1.58. The van der Waals surface area contributed by atoms with E-state index in [2.05, 4.69) is 4.37 Å². The molecule has 0 aliphatic rings. The van der Waals surface area contributed by atoms with Crippen LogP contribution in [0.2, 0.25) is 0 Å². The minimum Gasteiger partial charge on any atom is -0.497 e. The van der Waals surface area contributed by atoms with Gasteiger partial charge in [0.15, 0.2) is 0 Å². The molecule has 1 N–H and O–H groups in total. The van der Waals surface area contributed by atoms with E-state index in [0.29, 0.717) is 6.42 Å². The summed E-state index contributed by atoms with van der Waals surface area (Å²) >= 11 is 1.35. The van der Waals surface area contributed by atoms with Crippen LogP contribution in [0, 0.1) is 0 Å². The van der Waals surface area contributed by atoms with Crippen molar-refractivity contribution in [2.75, 3.05) is 7.11 Å². The molecule has 2 aromatic rings. The van der Waals surface area contributed by atoms with Crippen LogP contribution in [0.4, 0.5) is 0 Å². The quantitative estimate of drug-likeness (QED) is 0.901. The Morgan fingerprint density at radius 3 is 3.00 bits per heavy atom. The fourth-order valence-corrected chi connectivity index (χ4v) is 2.31. The van der Waals surface area contributed by atoms with Crippen LogP contribution in [0.5, 0.6) is 5.75 Å². The van der Waals surface area contributed by atoms with Crippen LogP contribution in [0.25, 0.3) is 11.3 Å². The first-order valence-electron chi connectivity index (χ1n) is 5.51. The third-order valence-electron chi connectivity index (χ3n) is 2.51. The van der Waals surface area contributed by atoms with Gasteiger partial charge in [-0.1, -0.05) is 12.1 Å². The van der Waals surface area contributed by atoms with Gasteiger partial charge in [0.2, 0.25) is 0 Å². The van der Waals surface area contributed by atoms with Gasteiger partial charge in [-0.15, -0.1) is 0 Å². The highest BCUT2D eigenvalue weighted by Gasteiger charge is 2.07. The molecule has 0 aliphatic heterocycles. The first-order valence-corrected chi connectivity index (χ1v) is 6.28. The number of hydrogen-bond acceptors (Lipinski definition) is 4. The van der Waals surface area contributed by atoms with Crippen LogP contribution in [0.1, 0.15) is 11.3 Å². The highest BCUT2D eigenvalue weighted by Crippen LogP contribution is 2.25. The van der Waals surface area contributed by atoms with E-state index in [1.807, 2.05) is 30.3 Å². The van der Waals surface area contributed by atoms with Gasteiger partial charge >= 0.3 is 5.97 Å². The summed E-state index contributed by atoms with van der Waals surface area (Å²) in [6.07, 6.45) is 0.663. The van der Waals surface area contributed by atoms with Crippen molar-refractivity contribution in [1.29, 1.82) is 0 Å². The Bertz CT molecular complexity index is 551. The zero-order valence-electron chi connectivity index (χ0n) is 9.92. The summed E-state index contributed by atoms with van der Waals surface area (Å²) in [5.41, 5.74) is 1.84. The van der Waals surface area contributed by atoms with Gasteiger partial charge < -0.3 is 9.84 Å². The van der Waals surface area contributed by atoms with Gasteiger partial charge in [0.25, 0.3) is 0 Å². The maximum Gasteiger partial charge on any atom is 0.303 e. The topological polar surface area (TPSA) is 59.4 Å². The van der Waals surface area contributed by atoms with Crippen molar-refractivity contribution in [3.8, 4) is 17.0 Å². The molecular weight excluding hydrogens is 250 g/mol. The average molecular weight is 263 g/mol. The lowest BCUT2D eigenvalue weighted by molar-refractivity contribution is -0.136. The van der Waals surface area contributed by atoms with Crippen LogP contribution in [0.3, 0.4) is 0 Å². The average Bonchev–Trinajstić information content (AvgIpc) is 2.85. The molecule has 1 aromatic carbocycles. The zero-order valence-corrected chi connectivity index (χ0v) is 10.7. The molecule has 18 heavy (non-hydrogen) atoms. The van der Waals surface area contributed by atoms with E-state index < -0.39 is 5.97 Å². The highest BCUT2D eigenvalue weighted by atomic mass is 32.1. The molecule has 4 nitrogen and oxygen atoms in total. The molecule has 0 spiro atoms. The predicted octanol–water partition coefficient (Wildman–Crippen LogP) is 2.84. The smallest absolute Gasteiger partial charge is 0.303 e. The van der Waals surface area contributed by atoms with Crippen molar-refractivity contribution < 1.29 is 14.6 Å². The summed E-state index contributed by atoms with van der Waals surface area (Å²) in [5.74, 6) is -0.00100. The van der Waals surface area contributed by atoms with Gasteiger partial charge in [-0.2, -0.15) is 4.37 Å². The summed E-state index contributed by atoms with van der Waals surface area (Å²) in [6.45, 7) is 0. The van der Waals surface area contributed by atoms with Crippen molar-refractivity contribution >= 4 is 17.5 Å². The number of aryl methyl sites for hydroxylation is 1. The van der Waals surface area contributed by atoms with Gasteiger partial charge in [-0.05, 0) is 36.2 Å². The van der Waals surface area contributed by atoms with Crippen LogP contribution < -0.4 is 4.74 Å². The van der Waals surface area contributed by atoms with Crippen LogP contribution >= 0.6 is 11.5 Å². The van der Waals surface area contributed by atoms with Gasteiger partial charge in [0, 0.05) is 10.4 Å². The number of carboxylic acids is 1. The Morgan fingerprint density at radius 2 is 2.28 bits per heavy atom. The van der Waals surface area contributed by atoms with E-state index in [-0.39, 0.29) is 6.42 Å². The van der Waals surface area contributed by atoms with Crippen LogP contribution in [-0.2, 0) is 11.2 Å². The van der Waals surface area contributed by atoms with Crippen molar-refractivity contribution in [3.63, 3.8) is 0 Å². The van der Waals surface area contributed by atoms with Gasteiger partial charge in [-0.25, -0.2) is 0 Å². The Balaban J connectivity index is 2.15. The second-order valence-corrected chi connectivity index (χ2v) is 4.69. The predicted molar refractivity (Wildman–Crippen MR) is 70.1 cm³/mol. The first-order chi connectivity index (χ1) is 8.69. The standard InChI is InChI=1S/C13H13NO3S/c1-17-10-4-2-3-9(7-10)12-8-11(18-14-12)5-6-13(15)16/h2-4,7-8H,5-6H2,1H3,(H,15,16). The van der Waals surface area contributed by atoms with E-state index in [0.717, 1.165) is 21.9 Å². The second kappa shape index (κ2) is 5.64. The van der Waals surface area contributed by atoms with E-state index in [1.54, 1.807) is 7.11 Å². The number of rotatable bonds is 5. The highest BCUT2D eigenvalue weighted by molar-refractivity contribution is 7.06. The first kappa shape index (κ1) is 12.6. The third kappa shape index (κ3) is 3.07. The fraction of sp³-hybridized carbons (Fsp3) is 0.231. The maximum absolute atomic E-state index is 10.5. The van der Waals surface area contributed by atoms with Crippen molar-refractivity contribution in [3.05, 3.63) is 35.2 Å². The summed E-state index contributed by atoms with van der Waals surface area (Å²) in [6, 6.07) is 9.59. The number of benzene rings is 1. The molecule has 0 amide bonds. The number of ether oxygens (including phenoxy) is 1. The number of carbonyl (C=O) groups is 1. The molecule has 0 saturated heterocycles. The molecule has 0 atom stereocenters. The SMILES string of the molecule is COc1cccc(-c2cc(CCC(=O)O)sn2)c1. The molecule has 1 aromatic heterocycles. The molecule has 0 fully saturated rings. The van der Waals surface area contributed by atoms with Gasteiger partial charge in [0.1, 0.15) is 5.75 Å². The molecule has 0 bridgehead atoms. The number of aliphatic carboxylic acids is 1. The van der Waals surface area contributed by atoms with Crippen molar-refractivity contribution in [1.82, 2.24) is 4.37 Å². The molecule has 2 rings (SSSR count). The van der Waals surface area contributed by atoms with Crippen LogP contribution in [-0.4, -0.2) is 22.6 Å². The molecule has 0 unspecified atom stereocenters. The summed E-state index contributed by atoms with van der Waals surface area (Å²) < 4.78 is 9.49. The molecule has 0 aliphatic carbocycles. The van der Waals surface area contributed by atoms with E-state index in [1.165, 1.54) is 11.5 Å².